The summed E-state index contributed by atoms with van der Waals surface area (Å²) in [7, 11) is 1.69. The van der Waals surface area contributed by atoms with E-state index in [1.807, 2.05) is 0 Å². The molecule has 0 aromatic rings. The van der Waals surface area contributed by atoms with Crippen molar-refractivity contribution in [2.24, 2.45) is 0 Å². The normalized spacial score (nSPS) is 25.5. The van der Waals surface area contributed by atoms with E-state index in [1.54, 1.807) is 7.11 Å². The molecule has 0 bridgehead atoms. The van der Waals surface area contributed by atoms with Crippen molar-refractivity contribution >= 4 is 0 Å². The second-order valence-electron chi connectivity index (χ2n) is 2.48. The van der Waals surface area contributed by atoms with Gasteiger partial charge in [0.05, 0.1) is 19.3 Å². The number of methoxy groups -OCH3 is 1. The quantitative estimate of drug-likeness (QED) is 0.565. The summed E-state index contributed by atoms with van der Waals surface area (Å²) in [6.45, 7) is 3.53. The predicted octanol–water partition coefficient (Wildman–Crippen LogP) is 0.0113. The van der Waals surface area contributed by atoms with Crippen LogP contribution in [0.15, 0.2) is 0 Å². The highest BCUT2D eigenvalue weighted by Crippen LogP contribution is 2.01. The Kier molecular flexibility index (Phi) is 3.72. The van der Waals surface area contributed by atoms with Gasteiger partial charge in [0.15, 0.2) is 0 Å². The molecule has 0 aromatic carbocycles. The maximum absolute atomic E-state index is 5.46. The van der Waals surface area contributed by atoms with Crippen molar-refractivity contribution < 1.29 is 9.47 Å². The first-order valence-corrected chi connectivity index (χ1v) is 3.74. The molecule has 1 saturated heterocycles. The van der Waals surface area contributed by atoms with Crippen LogP contribution < -0.4 is 5.32 Å². The van der Waals surface area contributed by atoms with Crippen molar-refractivity contribution in [3.05, 3.63) is 0 Å². The molecule has 1 rings (SSSR count). The summed E-state index contributed by atoms with van der Waals surface area (Å²) in [5.41, 5.74) is 0. The molecular formula is C7H15NO2. The Hall–Kier alpha value is -0.120. The molecule has 1 fully saturated rings. The minimum absolute atomic E-state index is 0.426. The van der Waals surface area contributed by atoms with Crippen LogP contribution in [0.2, 0.25) is 0 Å². The smallest absolute Gasteiger partial charge is 0.0712 e. The molecule has 3 heteroatoms. The number of nitrogens with one attached hydrogen (secondary N) is 1. The number of hydrogen-bond donors (Lipinski definition) is 1. The van der Waals surface area contributed by atoms with Gasteiger partial charge in [-0.2, -0.15) is 0 Å². The first kappa shape index (κ1) is 7.98. The number of ether oxygens (including phenoxy) is 2. The summed E-state index contributed by atoms with van der Waals surface area (Å²) in [5, 5.41) is 3.23. The van der Waals surface area contributed by atoms with Crippen LogP contribution >= 0.6 is 0 Å². The van der Waals surface area contributed by atoms with Crippen LogP contribution in [0, 0.1) is 0 Å². The zero-order valence-corrected chi connectivity index (χ0v) is 6.43. The SMILES string of the molecule is COCCO[C@@H]1CCNC1. The van der Waals surface area contributed by atoms with Gasteiger partial charge in [-0.25, -0.2) is 0 Å². The largest absolute Gasteiger partial charge is 0.382 e. The summed E-state index contributed by atoms with van der Waals surface area (Å²) in [5.74, 6) is 0. The van der Waals surface area contributed by atoms with E-state index >= 15 is 0 Å². The lowest BCUT2D eigenvalue weighted by molar-refractivity contribution is 0.0272. The third-order valence-electron chi connectivity index (χ3n) is 1.66. The molecule has 0 spiro atoms. The molecule has 1 aliphatic heterocycles. The predicted molar refractivity (Wildman–Crippen MR) is 39.1 cm³/mol. The van der Waals surface area contributed by atoms with Crippen LogP contribution in [0.4, 0.5) is 0 Å². The van der Waals surface area contributed by atoms with Crippen LogP contribution in [-0.4, -0.2) is 39.5 Å². The summed E-state index contributed by atoms with van der Waals surface area (Å²) in [4.78, 5) is 0. The lowest BCUT2D eigenvalue weighted by Crippen LogP contribution is -2.18. The van der Waals surface area contributed by atoms with Crippen LogP contribution in [0.3, 0.4) is 0 Å². The van der Waals surface area contributed by atoms with Crippen molar-refractivity contribution in [2.45, 2.75) is 12.5 Å². The van der Waals surface area contributed by atoms with E-state index in [2.05, 4.69) is 5.32 Å². The fourth-order valence-corrected chi connectivity index (χ4v) is 1.07. The van der Waals surface area contributed by atoms with Crippen LogP contribution in [0.5, 0.6) is 0 Å². The average Bonchev–Trinajstić information content (AvgIpc) is 2.41. The minimum atomic E-state index is 0.426. The van der Waals surface area contributed by atoms with Gasteiger partial charge in [0.25, 0.3) is 0 Å². The molecule has 0 unspecified atom stereocenters. The maximum Gasteiger partial charge on any atom is 0.0712 e. The molecule has 10 heavy (non-hydrogen) atoms. The van der Waals surface area contributed by atoms with E-state index in [4.69, 9.17) is 9.47 Å². The first-order chi connectivity index (χ1) is 4.93. The Morgan fingerprint density at radius 2 is 2.40 bits per heavy atom. The minimum Gasteiger partial charge on any atom is -0.382 e. The van der Waals surface area contributed by atoms with Gasteiger partial charge in [-0.3, -0.25) is 0 Å². The molecule has 0 aromatic heterocycles. The Balaban J connectivity index is 1.91. The lowest BCUT2D eigenvalue weighted by Gasteiger charge is -2.08. The Labute approximate surface area is 61.7 Å². The van der Waals surface area contributed by atoms with Crippen molar-refractivity contribution in [3.8, 4) is 0 Å². The molecule has 1 atom stereocenters. The average molecular weight is 145 g/mol. The van der Waals surface area contributed by atoms with Crippen LogP contribution in [0.25, 0.3) is 0 Å². The highest BCUT2D eigenvalue weighted by molar-refractivity contribution is 4.70. The molecule has 0 aliphatic carbocycles. The second-order valence-corrected chi connectivity index (χ2v) is 2.48. The monoisotopic (exact) mass is 145 g/mol. The fourth-order valence-electron chi connectivity index (χ4n) is 1.07. The van der Waals surface area contributed by atoms with Gasteiger partial charge in [-0.1, -0.05) is 0 Å². The standard InChI is InChI=1S/C7H15NO2/c1-9-4-5-10-7-2-3-8-6-7/h7-8H,2-6H2,1H3/t7-/m1/s1. The van der Waals surface area contributed by atoms with Crippen molar-refractivity contribution in [3.63, 3.8) is 0 Å². The van der Waals surface area contributed by atoms with Gasteiger partial charge in [-0.05, 0) is 13.0 Å². The fraction of sp³-hybridized carbons (Fsp3) is 1.00. The summed E-state index contributed by atoms with van der Waals surface area (Å²) in [6.07, 6.45) is 1.57. The second kappa shape index (κ2) is 4.66. The Morgan fingerprint density at radius 3 is 3.00 bits per heavy atom. The van der Waals surface area contributed by atoms with Crippen molar-refractivity contribution in [1.29, 1.82) is 0 Å². The summed E-state index contributed by atoms with van der Waals surface area (Å²) in [6, 6.07) is 0. The molecule has 0 amide bonds. The van der Waals surface area contributed by atoms with Gasteiger partial charge in [0.2, 0.25) is 0 Å². The van der Waals surface area contributed by atoms with E-state index in [-0.39, 0.29) is 0 Å². The van der Waals surface area contributed by atoms with Gasteiger partial charge in [0.1, 0.15) is 0 Å². The summed E-state index contributed by atoms with van der Waals surface area (Å²) >= 11 is 0. The van der Waals surface area contributed by atoms with E-state index in [0.29, 0.717) is 12.7 Å². The molecule has 1 heterocycles. The zero-order chi connectivity index (χ0) is 7.23. The highest BCUT2D eigenvalue weighted by Gasteiger charge is 2.13. The lowest BCUT2D eigenvalue weighted by atomic mass is 10.3. The first-order valence-electron chi connectivity index (χ1n) is 3.74. The molecule has 0 radical (unpaired) electrons. The number of hydrogen-bond acceptors (Lipinski definition) is 3. The van der Waals surface area contributed by atoms with Gasteiger partial charge in [0, 0.05) is 13.7 Å². The van der Waals surface area contributed by atoms with Gasteiger partial charge < -0.3 is 14.8 Å². The Bertz CT molecular complexity index is 81.7. The van der Waals surface area contributed by atoms with E-state index in [0.717, 1.165) is 26.1 Å². The van der Waals surface area contributed by atoms with Gasteiger partial charge in [-0.15, -0.1) is 0 Å². The molecule has 0 saturated carbocycles. The van der Waals surface area contributed by atoms with Crippen LogP contribution in [-0.2, 0) is 9.47 Å². The maximum atomic E-state index is 5.46. The van der Waals surface area contributed by atoms with E-state index < -0.39 is 0 Å². The molecule has 60 valence electrons. The topological polar surface area (TPSA) is 30.5 Å². The molecule has 1 N–H and O–H groups in total. The number of rotatable bonds is 4. The third kappa shape index (κ3) is 2.64. The Morgan fingerprint density at radius 1 is 1.50 bits per heavy atom. The van der Waals surface area contributed by atoms with E-state index in [9.17, 15) is 0 Å². The molecular weight excluding hydrogens is 130 g/mol. The highest BCUT2D eigenvalue weighted by atomic mass is 16.5. The molecule has 1 aliphatic rings. The van der Waals surface area contributed by atoms with Gasteiger partial charge >= 0.3 is 0 Å². The molecule has 3 nitrogen and oxygen atoms in total. The van der Waals surface area contributed by atoms with Crippen molar-refractivity contribution in [2.75, 3.05) is 33.4 Å². The third-order valence-corrected chi connectivity index (χ3v) is 1.66. The van der Waals surface area contributed by atoms with E-state index in [1.165, 1.54) is 0 Å². The van der Waals surface area contributed by atoms with Crippen LogP contribution in [0.1, 0.15) is 6.42 Å². The van der Waals surface area contributed by atoms with Crippen molar-refractivity contribution in [1.82, 2.24) is 5.32 Å². The zero-order valence-electron chi connectivity index (χ0n) is 6.43. The summed E-state index contributed by atoms with van der Waals surface area (Å²) < 4.78 is 10.3.